The molecule has 1 aromatic rings. The first-order valence-electron chi connectivity index (χ1n) is 3.14. The van der Waals surface area contributed by atoms with Crippen LogP contribution >= 0.6 is 0 Å². The summed E-state index contributed by atoms with van der Waals surface area (Å²) in [5.74, 6) is 0. The van der Waals surface area contributed by atoms with Crippen molar-refractivity contribution >= 4 is 19.0 Å². The van der Waals surface area contributed by atoms with E-state index in [1.807, 2.05) is 20.8 Å². The summed E-state index contributed by atoms with van der Waals surface area (Å²) in [4.78, 5) is 10.0. The van der Waals surface area contributed by atoms with Crippen LogP contribution in [0.25, 0.3) is 0 Å². The van der Waals surface area contributed by atoms with Crippen molar-refractivity contribution in [1.29, 1.82) is 0 Å². The van der Waals surface area contributed by atoms with Gasteiger partial charge < -0.3 is 0 Å². The average Bonchev–Trinajstić information content (AvgIpc) is 1.95. The van der Waals surface area contributed by atoms with Crippen molar-refractivity contribution in [3.05, 3.63) is 28.7 Å². The molecule has 0 bridgehead atoms. The first kappa shape index (κ1) is 7.00. The Kier molecular flexibility index (Phi) is 1.85. The Morgan fingerprint density at radius 1 is 1.50 bits per heavy atom. The quantitative estimate of drug-likeness (QED) is 0.408. The zero-order valence-corrected chi connectivity index (χ0v) is 6.09. The van der Waals surface area contributed by atoms with Crippen LogP contribution in [0.1, 0.15) is 5.56 Å². The first-order chi connectivity index (χ1) is 4.74. The van der Waals surface area contributed by atoms with Crippen LogP contribution in [-0.4, -0.2) is 7.85 Å². The number of hydrogen-bond donors (Lipinski definition) is 0. The van der Waals surface area contributed by atoms with Gasteiger partial charge in [-0.05, 0) is 24.2 Å². The smallest absolute Gasteiger partial charge is 0.139 e. The molecular formula is C7H8BNO. The van der Waals surface area contributed by atoms with Gasteiger partial charge in [0.2, 0.25) is 0 Å². The molecule has 0 saturated carbocycles. The zero-order valence-electron chi connectivity index (χ0n) is 6.09. The summed E-state index contributed by atoms with van der Waals surface area (Å²) in [5, 5.41) is 2.82. The van der Waals surface area contributed by atoms with Crippen molar-refractivity contribution in [2.24, 2.45) is 5.18 Å². The maximum Gasteiger partial charge on any atom is 0.139 e. The van der Waals surface area contributed by atoms with Gasteiger partial charge in [0.05, 0.1) is 0 Å². The molecular weight excluding hydrogens is 125 g/mol. The maximum absolute atomic E-state index is 10.0. The zero-order chi connectivity index (χ0) is 7.56. The summed E-state index contributed by atoms with van der Waals surface area (Å²) >= 11 is 0. The molecule has 0 atom stereocenters. The number of hydrogen-bond acceptors (Lipinski definition) is 2. The van der Waals surface area contributed by atoms with Crippen LogP contribution in [0.2, 0.25) is 0 Å². The molecule has 0 radical (unpaired) electrons. The molecule has 0 saturated heterocycles. The van der Waals surface area contributed by atoms with Crippen LogP contribution in [0, 0.1) is 11.8 Å². The van der Waals surface area contributed by atoms with Gasteiger partial charge in [0.1, 0.15) is 13.5 Å². The monoisotopic (exact) mass is 133 g/mol. The van der Waals surface area contributed by atoms with Gasteiger partial charge in [0.25, 0.3) is 0 Å². The van der Waals surface area contributed by atoms with Crippen LogP contribution < -0.4 is 5.46 Å². The van der Waals surface area contributed by atoms with Crippen LogP contribution in [0.5, 0.6) is 0 Å². The topological polar surface area (TPSA) is 29.4 Å². The summed E-state index contributed by atoms with van der Waals surface area (Å²) in [6, 6.07) is 5.39. The lowest BCUT2D eigenvalue weighted by molar-refractivity contribution is 1.46. The molecule has 0 N–H and O–H groups in total. The Labute approximate surface area is 60.6 Å². The fourth-order valence-electron chi connectivity index (χ4n) is 0.782. The predicted octanol–water partition coefficient (Wildman–Crippen LogP) is 0.651. The van der Waals surface area contributed by atoms with Gasteiger partial charge in [-0.1, -0.05) is 17.1 Å². The molecule has 0 aromatic heterocycles. The van der Waals surface area contributed by atoms with Crippen LogP contribution in [-0.2, 0) is 0 Å². The summed E-state index contributed by atoms with van der Waals surface area (Å²) in [7, 11) is 1.96. The number of aryl methyl sites for hydroxylation is 1. The van der Waals surface area contributed by atoms with Gasteiger partial charge in [-0.15, -0.1) is 4.91 Å². The van der Waals surface area contributed by atoms with E-state index >= 15 is 0 Å². The van der Waals surface area contributed by atoms with Crippen LogP contribution in [0.15, 0.2) is 23.4 Å². The van der Waals surface area contributed by atoms with Gasteiger partial charge in [0.15, 0.2) is 0 Å². The number of nitroso groups, excluding NO2 is 1. The number of nitrogens with zero attached hydrogens (tertiary/aromatic N) is 1. The molecule has 0 aliphatic rings. The van der Waals surface area contributed by atoms with E-state index in [2.05, 4.69) is 5.18 Å². The third-order valence-electron chi connectivity index (χ3n) is 1.60. The lowest BCUT2D eigenvalue weighted by Gasteiger charge is -1.97. The Bertz CT molecular complexity index is 260. The summed E-state index contributed by atoms with van der Waals surface area (Å²) in [6.07, 6.45) is 0. The van der Waals surface area contributed by atoms with E-state index in [4.69, 9.17) is 0 Å². The first-order valence-corrected chi connectivity index (χ1v) is 3.14. The van der Waals surface area contributed by atoms with Gasteiger partial charge in [-0.2, -0.15) is 0 Å². The van der Waals surface area contributed by atoms with Gasteiger partial charge in [-0.3, -0.25) is 0 Å². The SMILES string of the molecule is Bc1cc(N=O)ccc1C. The van der Waals surface area contributed by atoms with E-state index in [0.717, 1.165) is 5.46 Å². The minimum atomic E-state index is 0.503. The third kappa shape index (κ3) is 1.24. The Morgan fingerprint density at radius 3 is 2.70 bits per heavy atom. The Morgan fingerprint density at radius 2 is 2.20 bits per heavy atom. The van der Waals surface area contributed by atoms with E-state index in [0.29, 0.717) is 5.69 Å². The lowest BCUT2D eigenvalue weighted by Crippen LogP contribution is -2.04. The minimum Gasteiger partial charge on any atom is -0.145 e. The second-order valence-corrected chi connectivity index (χ2v) is 2.36. The van der Waals surface area contributed by atoms with Crippen molar-refractivity contribution in [2.75, 3.05) is 0 Å². The summed E-state index contributed by atoms with van der Waals surface area (Å²) in [5.41, 5.74) is 2.80. The van der Waals surface area contributed by atoms with Gasteiger partial charge in [0, 0.05) is 0 Å². The van der Waals surface area contributed by atoms with E-state index in [9.17, 15) is 4.91 Å². The molecule has 50 valence electrons. The molecule has 0 spiro atoms. The molecule has 10 heavy (non-hydrogen) atoms. The summed E-state index contributed by atoms with van der Waals surface area (Å²) < 4.78 is 0. The molecule has 0 aliphatic carbocycles. The highest BCUT2D eigenvalue weighted by Crippen LogP contribution is 2.08. The van der Waals surface area contributed by atoms with Crippen molar-refractivity contribution in [2.45, 2.75) is 6.92 Å². The van der Waals surface area contributed by atoms with Crippen molar-refractivity contribution in [1.82, 2.24) is 0 Å². The van der Waals surface area contributed by atoms with Gasteiger partial charge >= 0.3 is 0 Å². The van der Waals surface area contributed by atoms with Crippen molar-refractivity contribution in [3.8, 4) is 0 Å². The molecule has 1 rings (SSSR count). The minimum absolute atomic E-state index is 0.503. The largest absolute Gasteiger partial charge is 0.145 e. The summed E-state index contributed by atoms with van der Waals surface area (Å²) in [6.45, 7) is 2.00. The molecule has 0 fully saturated rings. The fraction of sp³-hybridized carbons (Fsp3) is 0.143. The van der Waals surface area contributed by atoms with E-state index in [-0.39, 0.29) is 0 Å². The van der Waals surface area contributed by atoms with Crippen LogP contribution in [0.4, 0.5) is 5.69 Å². The third-order valence-corrected chi connectivity index (χ3v) is 1.60. The molecule has 2 nitrogen and oxygen atoms in total. The Hall–Kier alpha value is -1.12. The van der Waals surface area contributed by atoms with E-state index < -0.39 is 0 Å². The standard InChI is InChI=1S/C7H8BNO/c1-5-2-3-6(9-10)4-7(5)8/h2-4H,8H2,1H3. The lowest BCUT2D eigenvalue weighted by atomic mass is 9.91. The molecule has 1 aromatic carbocycles. The molecule has 0 amide bonds. The average molecular weight is 133 g/mol. The number of benzene rings is 1. The molecule has 3 heteroatoms. The Balaban J connectivity index is 3.16. The highest BCUT2D eigenvalue weighted by molar-refractivity contribution is 6.33. The normalized spacial score (nSPS) is 9.30. The van der Waals surface area contributed by atoms with Gasteiger partial charge in [-0.25, -0.2) is 0 Å². The predicted molar refractivity (Wildman–Crippen MR) is 44.8 cm³/mol. The highest BCUT2D eigenvalue weighted by atomic mass is 16.3. The molecule has 0 aliphatic heterocycles. The van der Waals surface area contributed by atoms with E-state index in [1.54, 1.807) is 12.1 Å². The van der Waals surface area contributed by atoms with E-state index in [1.165, 1.54) is 5.56 Å². The van der Waals surface area contributed by atoms with Crippen molar-refractivity contribution in [3.63, 3.8) is 0 Å². The van der Waals surface area contributed by atoms with Crippen molar-refractivity contribution < 1.29 is 0 Å². The molecule has 0 unspecified atom stereocenters. The molecule has 0 heterocycles. The fourth-order valence-corrected chi connectivity index (χ4v) is 0.782. The maximum atomic E-state index is 10.0. The second kappa shape index (κ2) is 2.65. The number of rotatable bonds is 1. The highest BCUT2D eigenvalue weighted by Gasteiger charge is 1.93. The van der Waals surface area contributed by atoms with Crippen LogP contribution in [0.3, 0.4) is 0 Å². The second-order valence-electron chi connectivity index (χ2n) is 2.36.